The molecule has 2 aliphatic rings. The lowest BCUT2D eigenvalue weighted by atomic mass is 9.90. The molecule has 0 aromatic heterocycles. The molecule has 14 heavy (non-hydrogen) atoms. The van der Waals surface area contributed by atoms with Crippen molar-refractivity contribution in [3.8, 4) is 0 Å². The Hall–Kier alpha value is -1.15. The zero-order valence-electron chi connectivity index (χ0n) is 7.86. The summed E-state index contributed by atoms with van der Waals surface area (Å²) in [5.74, 6) is 0.139. The van der Waals surface area contributed by atoms with Gasteiger partial charge in [0, 0.05) is 12.3 Å². The first-order chi connectivity index (χ1) is 6.73. The van der Waals surface area contributed by atoms with E-state index in [1.165, 1.54) is 0 Å². The Labute approximate surface area is 82.6 Å². The molecular formula is C12H12O2. The van der Waals surface area contributed by atoms with Crippen LogP contribution >= 0.6 is 0 Å². The SMILES string of the molecule is O=C1CC[C@H]2Cc3ccccc3[C@@]12O. The Balaban J connectivity index is 2.22. The monoisotopic (exact) mass is 188 g/mol. The number of carbonyl (C=O) groups is 1. The van der Waals surface area contributed by atoms with Crippen LogP contribution in [0.3, 0.4) is 0 Å². The number of Topliss-reactive ketones (excluding diaryl/α,β-unsaturated/α-hetero) is 1. The number of hydrogen-bond acceptors (Lipinski definition) is 2. The van der Waals surface area contributed by atoms with Crippen molar-refractivity contribution in [1.82, 2.24) is 0 Å². The molecule has 1 saturated carbocycles. The van der Waals surface area contributed by atoms with Gasteiger partial charge < -0.3 is 5.11 Å². The summed E-state index contributed by atoms with van der Waals surface area (Å²) in [6.45, 7) is 0. The molecule has 1 aromatic rings. The van der Waals surface area contributed by atoms with E-state index >= 15 is 0 Å². The van der Waals surface area contributed by atoms with E-state index in [1.54, 1.807) is 0 Å². The molecule has 2 aliphatic carbocycles. The number of ketones is 1. The second-order valence-electron chi connectivity index (χ2n) is 4.29. The third-order valence-corrected chi connectivity index (χ3v) is 3.63. The summed E-state index contributed by atoms with van der Waals surface area (Å²) < 4.78 is 0. The van der Waals surface area contributed by atoms with Crippen LogP contribution in [0, 0.1) is 5.92 Å². The molecule has 0 unspecified atom stereocenters. The highest BCUT2D eigenvalue weighted by Crippen LogP contribution is 2.49. The van der Waals surface area contributed by atoms with Gasteiger partial charge >= 0.3 is 0 Å². The minimum absolute atomic E-state index is 0.00690. The van der Waals surface area contributed by atoms with Crippen molar-refractivity contribution >= 4 is 5.78 Å². The van der Waals surface area contributed by atoms with E-state index in [-0.39, 0.29) is 11.7 Å². The third kappa shape index (κ3) is 0.775. The molecule has 1 fully saturated rings. The van der Waals surface area contributed by atoms with Crippen LogP contribution < -0.4 is 0 Å². The number of aliphatic hydroxyl groups is 1. The van der Waals surface area contributed by atoms with Gasteiger partial charge in [0.1, 0.15) is 0 Å². The van der Waals surface area contributed by atoms with Gasteiger partial charge in [-0.2, -0.15) is 0 Å². The standard InChI is InChI=1S/C12H12O2/c13-11-6-5-9-7-8-3-1-2-4-10(8)12(9,11)14/h1-4,9,14H,5-7H2/t9-,12+/m0/s1. The van der Waals surface area contributed by atoms with Crippen molar-refractivity contribution in [2.75, 3.05) is 0 Å². The zero-order chi connectivity index (χ0) is 9.76. The smallest absolute Gasteiger partial charge is 0.169 e. The fourth-order valence-electron chi connectivity index (χ4n) is 2.89. The quantitative estimate of drug-likeness (QED) is 0.668. The summed E-state index contributed by atoms with van der Waals surface area (Å²) in [6, 6.07) is 7.76. The van der Waals surface area contributed by atoms with Crippen LogP contribution in [-0.2, 0) is 16.8 Å². The van der Waals surface area contributed by atoms with E-state index < -0.39 is 5.60 Å². The minimum Gasteiger partial charge on any atom is -0.377 e. The maximum absolute atomic E-state index is 11.7. The molecular weight excluding hydrogens is 176 g/mol. The van der Waals surface area contributed by atoms with Crippen molar-refractivity contribution in [3.05, 3.63) is 35.4 Å². The molecule has 0 spiro atoms. The van der Waals surface area contributed by atoms with Gasteiger partial charge in [-0.15, -0.1) is 0 Å². The normalized spacial score (nSPS) is 34.4. The lowest BCUT2D eigenvalue weighted by Crippen LogP contribution is -2.33. The average Bonchev–Trinajstić information content (AvgIpc) is 2.63. The van der Waals surface area contributed by atoms with E-state index in [4.69, 9.17) is 0 Å². The van der Waals surface area contributed by atoms with Crippen LogP contribution in [0.2, 0.25) is 0 Å². The molecule has 0 saturated heterocycles. The summed E-state index contributed by atoms with van der Waals surface area (Å²) in [6.07, 6.45) is 2.23. The summed E-state index contributed by atoms with van der Waals surface area (Å²) in [5.41, 5.74) is 0.858. The fourth-order valence-corrected chi connectivity index (χ4v) is 2.89. The summed E-state index contributed by atoms with van der Waals surface area (Å²) in [4.78, 5) is 11.7. The van der Waals surface area contributed by atoms with Crippen LogP contribution in [0.15, 0.2) is 24.3 Å². The lowest BCUT2D eigenvalue weighted by Gasteiger charge is -2.21. The molecule has 2 nitrogen and oxygen atoms in total. The second-order valence-corrected chi connectivity index (χ2v) is 4.29. The zero-order valence-corrected chi connectivity index (χ0v) is 7.86. The first kappa shape index (κ1) is 8.18. The van der Waals surface area contributed by atoms with E-state index in [1.807, 2.05) is 24.3 Å². The third-order valence-electron chi connectivity index (χ3n) is 3.63. The van der Waals surface area contributed by atoms with Crippen LogP contribution in [0.5, 0.6) is 0 Å². The Bertz CT molecular complexity index is 411. The Morgan fingerprint density at radius 2 is 2.14 bits per heavy atom. The van der Waals surface area contributed by atoms with Gasteiger partial charge in [0.15, 0.2) is 11.4 Å². The largest absolute Gasteiger partial charge is 0.377 e. The number of benzene rings is 1. The highest BCUT2D eigenvalue weighted by Gasteiger charge is 2.54. The molecule has 0 aliphatic heterocycles. The van der Waals surface area contributed by atoms with E-state index in [0.717, 1.165) is 24.0 Å². The Morgan fingerprint density at radius 3 is 3.00 bits per heavy atom. The fraction of sp³-hybridized carbons (Fsp3) is 0.417. The van der Waals surface area contributed by atoms with Crippen molar-refractivity contribution in [2.24, 2.45) is 5.92 Å². The van der Waals surface area contributed by atoms with Crippen LogP contribution in [0.4, 0.5) is 0 Å². The maximum atomic E-state index is 11.7. The van der Waals surface area contributed by atoms with Gasteiger partial charge in [-0.3, -0.25) is 4.79 Å². The van der Waals surface area contributed by atoms with Gasteiger partial charge in [0.2, 0.25) is 0 Å². The molecule has 0 bridgehead atoms. The molecule has 3 rings (SSSR count). The Morgan fingerprint density at radius 1 is 1.36 bits per heavy atom. The molecule has 1 aromatic carbocycles. The number of fused-ring (bicyclic) bond motifs is 3. The second kappa shape index (κ2) is 2.45. The van der Waals surface area contributed by atoms with Gasteiger partial charge in [0.05, 0.1) is 0 Å². The van der Waals surface area contributed by atoms with Crippen LogP contribution in [-0.4, -0.2) is 10.9 Å². The van der Waals surface area contributed by atoms with Crippen molar-refractivity contribution in [3.63, 3.8) is 0 Å². The van der Waals surface area contributed by atoms with E-state index in [9.17, 15) is 9.90 Å². The maximum Gasteiger partial charge on any atom is 0.169 e. The predicted octanol–water partition coefficient (Wildman–Crippen LogP) is 1.41. The highest BCUT2D eigenvalue weighted by atomic mass is 16.3. The predicted molar refractivity (Wildman–Crippen MR) is 51.8 cm³/mol. The number of carbonyl (C=O) groups excluding carboxylic acids is 1. The molecule has 2 atom stereocenters. The first-order valence-electron chi connectivity index (χ1n) is 5.07. The van der Waals surface area contributed by atoms with Crippen molar-refractivity contribution < 1.29 is 9.90 Å². The van der Waals surface area contributed by atoms with Crippen molar-refractivity contribution in [2.45, 2.75) is 24.9 Å². The molecule has 72 valence electrons. The van der Waals surface area contributed by atoms with Gasteiger partial charge in [-0.1, -0.05) is 24.3 Å². The van der Waals surface area contributed by atoms with Gasteiger partial charge in [0.25, 0.3) is 0 Å². The van der Waals surface area contributed by atoms with Gasteiger partial charge in [-0.25, -0.2) is 0 Å². The van der Waals surface area contributed by atoms with Crippen LogP contribution in [0.1, 0.15) is 24.0 Å². The molecule has 0 amide bonds. The summed E-state index contributed by atoms with van der Waals surface area (Å²) in [5, 5.41) is 10.4. The highest BCUT2D eigenvalue weighted by molar-refractivity contribution is 5.92. The number of hydrogen-bond donors (Lipinski definition) is 1. The minimum atomic E-state index is -1.14. The topological polar surface area (TPSA) is 37.3 Å². The van der Waals surface area contributed by atoms with Crippen LogP contribution in [0.25, 0.3) is 0 Å². The van der Waals surface area contributed by atoms with E-state index in [0.29, 0.717) is 6.42 Å². The molecule has 0 radical (unpaired) electrons. The average molecular weight is 188 g/mol. The van der Waals surface area contributed by atoms with E-state index in [2.05, 4.69) is 0 Å². The molecule has 1 N–H and O–H groups in total. The first-order valence-corrected chi connectivity index (χ1v) is 5.07. The Kier molecular flexibility index (Phi) is 1.43. The summed E-state index contributed by atoms with van der Waals surface area (Å²) in [7, 11) is 0. The van der Waals surface area contributed by atoms with Crippen molar-refractivity contribution in [1.29, 1.82) is 0 Å². The summed E-state index contributed by atoms with van der Waals surface area (Å²) >= 11 is 0. The molecule has 0 heterocycles. The number of rotatable bonds is 0. The lowest BCUT2D eigenvalue weighted by molar-refractivity contribution is -0.136. The molecule has 2 heteroatoms. The van der Waals surface area contributed by atoms with Gasteiger partial charge in [-0.05, 0) is 24.0 Å².